The third-order valence-electron chi connectivity index (χ3n) is 4.28. The lowest BCUT2D eigenvalue weighted by Crippen LogP contribution is -2.33. The van der Waals surface area contributed by atoms with E-state index >= 15 is 0 Å². The Morgan fingerprint density at radius 1 is 1.24 bits per heavy atom. The number of nitrogens with zero attached hydrogens (tertiary/aromatic N) is 1. The lowest BCUT2D eigenvalue weighted by atomic mass is 9.94. The number of para-hydroxylation sites is 1. The van der Waals surface area contributed by atoms with Crippen LogP contribution in [0.4, 0.5) is 5.69 Å². The highest BCUT2D eigenvalue weighted by Gasteiger charge is 2.49. The molecule has 1 heterocycles. The summed E-state index contributed by atoms with van der Waals surface area (Å²) in [5.41, 5.74) is 0.487. The van der Waals surface area contributed by atoms with Crippen LogP contribution < -0.4 is 0 Å². The Kier molecular flexibility index (Phi) is 3.93. The van der Waals surface area contributed by atoms with Gasteiger partial charge < -0.3 is 14.6 Å². The second-order valence-electron chi connectivity index (χ2n) is 5.66. The van der Waals surface area contributed by atoms with Crippen molar-refractivity contribution in [3.05, 3.63) is 39.9 Å². The molecule has 0 amide bonds. The van der Waals surface area contributed by atoms with E-state index in [9.17, 15) is 15.2 Å². The molecule has 0 unspecified atom stereocenters. The van der Waals surface area contributed by atoms with Crippen molar-refractivity contribution in [2.75, 3.05) is 6.61 Å². The molecule has 2 aliphatic rings. The van der Waals surface area contributed by atoms with E-state index in [0.717, 1.165) is 32.1 Å². The molecule has 2 fully saturated rings. The zero-order valence-electron chi connectivity index (χ0n) is 11.7. The van der Waals surface area contributed by atoms with Crippen LogP contribution in [-0.2, 0) is 9.47 Å². The molecule has 3 rings (SSSR count). The van der Waals surface area contributed by atoms with Gasteiger partial charge in [-0.15, -0.1) is 0 Å². The first-order chi connectivity index (χ1) is 10.2. The molecule has 1 saturated carbocycles. The molecule has 2 atom stereocenters. The van der Waals surface area contributed by atoms with Crippen molar-refractivity contribution in [2.24, 2.45) is 0 Å². The van der Waals surface area contributed by atoms with Gasteiger partial charge in [-0.3, -0.25) is 10.1 Å². The maximum absolute atomic E-state index is 11.2. The van der Waals surface area contributed by atoms with Crippen molar-refractivity contribution < 1.29 is 19.5 Å². The van der Waals surface area contributed by atoms with Crippen LogP contribution in [0.25, 0.3) is 0 Å². The van der Waals surface area contributed by atoms with Gasteiger partial charge in [0.2, 0.25) is 0 Å². The molecular formula is C15H19NO5. The van der Waals surface area contributed by atoms with Gasteiger partial charge in [0.15, 0.2) is 5.79 Å². The summed E-state index contributed by atoms with van der Waals surface area (Å²) in [6.07, 6.45) is 3.60. The molecule has 0 radical (unpaired) electrons. The van der Waals surface area contributed by atoms with Gasteiger partial charge in [0.05, 0.1) is 17.1 Å². The zero-order valence-corrected chi connectivity index (χ0v) is 11.7. The van der Waals surface area contributed by atoms with Crippen molar-refractivity contribution in [3.63, 3.8) is 0 Å². The first kappa shape index (κ1) is 14.4. The molecular weight excluding hydrogens is 274 g/mol. The smallest absolute Gasteiger partial charge is 0.275 e. The van der Waals surface area contributed by atoms with Crippen molar-refractivity contribution in [2.45, 2.75) is 50.1 Å². The minimum atomic E-state index is -0.681. The molecule has 1 spiro atoms. The topological polar surface area (TPSA) is 81.8 Å². The number of benzene rings is 1. The molecule has 1 aromatic rings. The lowest BCUT2D eigenvalue weighted by Gasteiger charge is -2.31. The highest BCUT2D eigenvalue weighted by Crippen LogP contribution is 2.47. The summed E-state index contributed by atoms with van der Waals surface area (Å²) in [6.45, 7) is -0.210. The molecule has 1 aliphatic heterocycles. The minimum Gasteiger partial charge on any atom is -0.394 e. The van der Waals surface area contributed by atoms with E-state index < -0.39 is 22.9 Å². The maximum atomic E-state index is 11.2. The van der Waals surface area contributed by atoms with Crippen LogP contribution >= 0.6 is 0 Å². The van der Waals surface area contributed by atoms with Crippen LogP contribution in [0.3, 0.4) is 0 Å². The van der Waals surface area contributed by atoms with E-state index in [4.69, 9.17) is 9.47 Å². The van der Waals surface area contributed by atoms with Crippen LogP contribution in [0.15, 0.2) is 24.3 Å². The molecule has 0 bridgehead atoms. The van der Waals surface area contributed by atoms with Crippen LogP contribution in [-0.4, -0.2) is 28.5 Å². The Morgan fingerprint density at radius 3 is 2.62 bits per heavy atom. The Hall–Kier alpha value is -1.50. The molecule has 0 aromatic heterocycles. The molecule has 6 nitrogen and oxygen atoms in total. The third-order valence-corrected chi connectivity index (χ3v) is 4.28. The standard InChI is InChI=1S/C15H19NO5/c17-10-13-14(11-6-2-3-7-12(11)16(18)19)21-15(20-13)8-4-1-5-9-15/h2-3,6-7,13-14,17H,1,4-5,8-10H2/t13-,14-/m1/s1. The molecule has 1 N–H and O–H groups in total. The summed E-state index contributed by atoms with van der Waals surface area (Å²) in [5.74, 6) is -0.681. The summed E-state index contributed by atoms with van der Waals surface area (Å²) in [5, 5.41) is 20.8. The van der Waals surface area contributed by atoms with Crippen LogP contribution in [0, 0.1) is 10.1 Å². The SMILES string of the molecule is O=[N+]([O-])c1ccccc1[C@H]1OC2(CCCCC2)O[C@@H]1CO. The Labute approximate surface area is 122 Å². The summed E-state index contributed by atoms with van der Waals surface area (Å²) < 4.78 is 12.0. The fourth-order valence-corrected chi connectivity index (χ4v) is 3.29. The number of hydrogen-bond donors (Lipinski definition) is 1. The summed E-state index contributed by atoms with van der Waals surface area (Å²) in [6, 6.07) is 6.50. The van der Waals surface area contributed by atoms with Crippen LogP contribution in [0.5, 0.6) is 0 Å². The predicted molar refractivity (Wildman–Crippen MR) is 74.7 cm³/mol. The highest BCUT2D eigenvalue weighted by atomic mass is 16.8. The van der Waals surface area contributed by atoms with Crippen molar-refractivity contribution in [1.82, 2.24) is 0 Å². The first-order valence-corrected chi connectivity index (χ1v) is 7.35. The van der Waals surface area contributed by atoms with E-state index in [2.05, 4.69) is 0 Å². The fraction of sp³-hybridized carbons (Fsp3) is 0.600. The van der Waals surface area contributed by atoms with Gasteiger partial charge >= 0.3 is 0 Å². The molecule has 1 saturated heterocycles. The summed E-state index contributed by atoms with van der Waals surface area (Å²) in [7, 11) is 0. The summed E-state index contributed by atoms with van der Waals surface area (Å²) in [4.78, 5) is 10.8. The van der Waals surface area contributed by atoms with E-state index in [-0.39, 0.29) is 12.3 Å². The average molecular weight is 293 g/mol. The predicted octanol–water partition coefficient (Wildman–Crippen LogP) is 2.70. The summed E-state index contributed by atoms with van der Waals surface area (Å²) >= 11 is 0. The van der Waals surface area contributed by atoms with Gasteiger partial charge in [0.25, 0.3) is 5.69 Å². The minimum absolute atomic E-state index is 0.0115. The number of hydrogen-bond acceptors (Lipinski definition) is 5. The molecule has 21 heavy (non-hydrogen) atoms. The van der Waals surface area contributed by atoms with E-state index in [1.807, 2.05) is 0 Å². The van der Waals surface area contributed by atoms with Gasteiger partial charge in [-0.05, 0) is 18.9 Å². The zero-order chi connectivity index (χ0) is 14.9. The number of nitro groups is 1. The second kappa shape index (κ2) is 5.71. The number of rotatable bonds is 3. The van der Waals surface area contributed by atoms with Gasteiger partial charge in [0.1, 0.15) is 12.2 Å². The monoisotopic (exact) mass is 293 g/mol. The Morgan fingerprint density at radius 2 is 1.95 bits per heavy atom. The Bertz CT molecular complexity index is 527. The lowest BCUT2D eigenvalue weighted by molar-refractivity contribution is -0.386. The largest absolute Gasteiger partial charge is 0.394 e. The molecule has 1 aromatic carbocycles. The molecule has 114 valence electrons. The highest BCUT2D eigenvalue weighted by molar-refractivity contribution is 5.42. The normalized spacial score (nSPS) is 27.9. The molecule has 1 aliphatic carbocycles. The number of aliphatic hydroxyl groups is 1. The van der Waals surface area contributed by atoms with E-state index in [0.29, 0.717) is 5.56 Å². The van der Waals surface area contributed by atoms with E-state index in [1.165, 1.54) is 6.07 Å². The fourth-order valence-electron chi connectivity index (χ4n) is 3.29. The number of ether oxygens (including phenoxy) is 2. The van der Waals surface area contributed by atoms with Crippen LogP contribution in [0.1, 0.15) is 43.8 Å². The van der Waals surface area contributed by atoms with Crippen LogP contribution in [0.2, 0.25) is 0 Å². The van der Waals surface area contributed by atoms with Crippen molar-refractivity contribution >= 4 is 5.69 Å². The maximum Gasteiger partial charge on any atom is 0.275 e. The average Bonchev–Trinajstić information content (AvgIpc) is 2.86. The van der Waals surface area contributed by atoms with E-state index in [1.54, 1.807) is 18.2 Å². The second-order valence-corrected chi connectivity index (χ2v) is 5.66. The van der Waals surface area contributed by atoms with Gasteiger partial charge in [-0.25, -0.2) is 0 Å². The first-order valence-electron chi connectivity index (χ1n) is 7.35. The van der Waals surface area contributed by atoms with Gasteiger partial charge in [0, 0.05) is 18.9 Å². The quantitative estimate of drug-likeness (QED) is 0.684. The Balaban J connectivity index is 1.92. The van der Waals surface area contributed by atoms with Crippen molar-refractivity contribution in [1.29, 1.82) is 0 Å². The van der Waals surface area contributed by atoms with Gasteiger partial charge in [-0.2, -0.15) is 0 Å². The molecule has 6 heteroatoms. The number of aliphatic hydroxyl groups excluding tert-OH is 1. The van der Waals surface area contributed by atoms with Gasteiger partial charge in [-0.1, -0.05) is 18.6 Å². The van der Waals surface area contributed by atoms with Crippen molar-refractivity contribution in [3.8, 4) is 0 Å². The third kappa shape index (κ3) is 2.66. The number of nitro benzene ring substituents is 1.